The molecule has 1 saturated carbocycles. The summed E-state index contributed by atoms with van der Waals surface area (Å²) in [5, 5.41) is 3.55. The van der Waals surface area contributed by atoms with Gasteiger partial charge in [0.25, 0.3) is 0 Å². The summed E-state index contributed by atoms with van der Waals surface area (Å²) in [6, 6.07) is 4.14. The van der Waals surface area contributed by atoms with E-state index in [9.17, 15) is 0 Å². The van der Waals surface area contributed by atoms with Crippen LogP contribution in [0.4, 0.5) is 5.82 Å². The molecule has 0 aromatic carbocycles. The van der Waals surface area contributed by atoms with Crippen LogP contribution in [0.15, 0.2) is 18.3 Å². The average molecular weight is 190 g/mol. The summed E-state index contributed by atoms with van der Waals surface area (Å²) in [4.78, 5) is 4.34. The lowest BCUT2D eigenvalue weighted by atomic mass is 10.0. The maximum Gasteiger partial charge on any atom is 0.126 e. The first kappa shape index (κ1) is 9.50. The van der Waals surface area contributed by atoms with E-state index in [0.717, 1.165) is 5.82 Å². The van der Waals surface area contributed by atoms with Gasteiger partial charge >= 0.3 is 0 Å². The predicted molar refractivity (Wildman–Crippen MR) is 59.5 cm³/mol. The molecule has 1 aliphatic rings. The minimum atomic E-state index is 0.279. The first-order chi connectivity index (χ1) is 6.68. The molecule has 0 aliphatic heterocycles. The molecule has 0 spiro atoms. The van der Waals surface area contributed by atoms with Crippen LogP contribution in [0.5, 0.6) is 0 Å². The summed E-state index contributed by atoms with van der Waals surface area (Å²) < 4.78 is 0. The van der Waals surface area contributed by atoms with Crippen molar-refractivity contribution in [1.82, 2.24) is 4.98 Å². The monoisotopic (exact) mass is 190 g/mol. The zero-order valence-corrected chi connectivity index (χ0v) is 9.01. The highest BCUT2D eigenvalue weighted by Gasteiger charge is 2.28. The number of rotatable bonds is 2. The average Bonchev–Trinajstić information content (AvgIpc) is 2.51. The quantitative estimate of drug-likeness (QED) is 0.775. The number of hydrogen-bond acceptors (Lipinski definition) is 2. The molecule has 0 amide bonds. The Balaban J connectivity index is 2.10. The van der Waals surface area contributed by atoms with E-state index in [1.165, 1.54) is 31.2 Å². The maximum atomic E-state index is 4.34. The third kappa shape index (κ3) is 2.06. The summed E-state index contributed by atoms with van der Waals surface area (Å²) in [5.41, 5.74) is 1.55. The summed E-state index contributed by atoms with van der Waals surface area (Å²) in [6.07, 6.45) is 7.09. The van der Waals surface area contributed by atoms with Gasteiger partial charge in [0.1, 0.15) is 5.82 Å². The first-order valence-electron chi connectivity index (χ1n) is 5.39. The molecular weight excluding hydrogens is 172 g/mol. The number of nitrogens with one attached hydrogen (secondary N) is 1. The lowest BCUT2D eigenvalue weighted by Gasteiger charge is -2.26. The van der Waals surface area contributed by atoms with Gasteiger partial charge in [-0.25, -0.2) is 4.98 Å². The van der Waals surface area contributed by atoms with E-state index in [0.29, 0.717) is 0 Å². The highest BCUT2D eigenvalue weighted by molar-refractivity contribution is 5.40. The van der Waals surface area contributed by atoms with Crippen molar-refractivity contribution in [2.75, 3.05) is 5.32 Å². The fourth-order valence-electron chi connectivity index (χ4n) is 2.19. The molecule has 76 valence electrons. The van der Waals surface area contributed by atoms with Crippen LogP contribution in [0.1, 0.15) is 38.2 Å². The molecule has 14 heavy (non-hydrogen) atoms. The summed E-state index contributed by atoms with van der Waals surface area (Å²) >= 11 is 0. The van der Waals surface area contributed by atoms with E-state index in [2.05, 4.69) is 30.2 Å². The zero-order valence-electron chi connectivity index (χ0n) is 9.01. The normalized spacial score (nSPS) is 19.6. The van der Waals surface area contributed by atoms with E-state index in [1.54, 1.807) is 0 Å². The minimum absolute atomic E-state index is 0.279. The Kier molecular flexibility index (Phi) is 2.44. The van der Waals surface area contributed by atoms with Crippen LogP contribution in [-0.4, -0.2) is 10.5 Å². The largest absolute Gasteiger partial charge is 0.365 e. The lowest BCUT2D eigenvalue weighted by molar-refractivity contribution is 0.531. The van der Waals surface area contributed by atoms with Gasteiger partial charge in [0.2, 0.25) is 0 Å². The van der Waals surface area contributed by atoms with Gasteiger partial charge in [-0.15, -0.1) is 0 Å². The molecule has 1 aromatic heterocycles. The van der Waals surface area contributed by atoms with Crippen LogP contribution in [0.2, 0.25) is 0 Å². The number of hydrogen-bond donors (Lipinski definition) is 1. The molecule has 0 saturated heterocycles. The highest BCUT2D eigenvalue weighted by atomic mass is 15.0. The number of anilines is 1. The Morgan fingerprint density at radius 1 is 1.36 bits per heavy atom. The van der Waals surface area contributed by atoms with E-state index in [1.807, 2.05) is 12.3 Å². The molecule has 0 atom stereocenters. The number of nitrogens with zero attached hydrogens (tertiary/aromatic N) is 1. The maximum absolute atomic E-state index is 4.34. The Hall–Kier alpha value is -1.05. The third-order valence-electron chi connectivity index (χ3n) is 3.05. The van der Waals surface area contributed by atoms with Crippen LogP contribution in [0, 0.1) is 6.92 Å². The van der Waals surface area contributed by atoms with Crippen LogP contribution in [-0.2, 0) is 0 Å². The van der Waals surface area contributed by atoms with E-state index < -0.39 is 0 Å². The number of aryl methyl sites for hydroxylation is 1. The molecule has 0 unspecified atom stereocenters. The van der Waals surface area contributed by atoms with Crippen LogP contribution >= 0.6 is 0 Å². The van der Waals surface area contributed by atoms with Crippen LogP contribution in [0.25, 0.3) is 0 Å². The fraction of sp³-hybridized carbons (Fsp3) is 0.583. The van der Waals surface area contributed by atoms with Gasteiger partial charge in [-0.1, -0.05) is 12.8 Å². The molecule has 1 aromatic rings. The van der Waals surface area contributed by atoms with Gasteiger partial charge in [-0.2, -0.15) is 0 Å². The van der Waals surface area contributed by atoms with E-state index in [-0.39, 0.29) is 5.54 Å². The second-order valence-electron chi connectivity index (χ2n) is 4.61. The Morgan fingerprint density at radius 2 is 2.07 bits per heavy atom. The van der Waals surface area contributed by atoms with Crippen molar-refractivity contribution >= 4 is 5.82 Å². The summed E-state index contributed by atoms with van der Waals surface area (Å²) in [7, 11) is 0. The molecule has 0 bridgehead atoms. The van der Waals surface area contributed by atoms with E-state index >= 15 is 0 Å². The Bertz CT molecular complexity index is 314. The van der Waals surface area contributed by atoms with E-state index in [4.69, 9.17) is 0 Å². The third-order valence-corrected chi connectivity index (χ3v) is 3.05. The van der Waals surface area contributed by atoms with Crippen molar-refractivity contribution < 1.29 is 0 Å². The van der Waals surface area contributed by atoms with Crippen LogP contribution < -0.4 is 5.32 Å². The molecule has 1 heterocycles. The molecule has 2 rings (SSSR count). The van der Waals surface area contributed by atoms with Crippen molar-refractivity contribution in [3.05, 3.63) is 23.9 Å². The van der Waals surface area contributed by atoms with Gasteiger partial charge in [0, 0.05) is 11.7 Å². The zero-order chi connectivity index (χ0) is 10.0. The topological polar surface area (TPSA) is 24.9 Å². The molecular formula is C12H18N2. The molecule has 1 fully saturated rings. The van der Waals surface area contributed by atoms with Crippen molar-refractivity contribution in [2.45, 2.75) is 45.1 Å². The van der Waals surface area contributed by atoms with Gasteiger partial charge in [-0.3, -0.25) is 0 Å². The van der Waals surface area contributed by atoms with Gasteiger partial charge in [-0.05, 0) is 44.4 Å². The minimum Gasteiger partial charge on any atom is -0.365 e. The smallest absolute Gasteiger partial charge is 0.126 e. The van der Waals surface area contributed by atoms with Crippen molar-refractivity contribution in [2.24, 2.45) is 0 Å². The van der Waals surface area contributed by atoms with Crippen molar-refractivity contribution in [1.29, 1.82) is 0 Å². The molecule has 2 nitrogen and oxygen atoms in total. The first-order valence-corrected chi connectivity index (χ1v) is 5.39. The van der Waals surface area contributed by atoms with Crippen molar-refractivity contribution in [3.63, 3.8) is 0 Å². The second-order valence-corrected chi connectivity index (χ2v) is 4.61. The standard InChI is InChI=1S/C12H18N2/c1-10-5-8-13-11(9-10)14-12(2)6-3-4-7-12/h5,8-9H,3-4,6-7H2,1-2H3,(H,13,14). The van der Waals surface area contributed by atoms with Gasteiger partial charge in [0.05, 0.1) is 0 Å². The summed E-state index contributed by atoms with van der Waals surface area (Å²) in [5.74, 6) is 1.02. The number of pyridine rings is 1. The fourth-order valence-corrected chi connectivity index (χ4v) is 2.19. The Morgan fingerprint density at radius 3 is 2.71 bits per heavy atom. The SMILES string of the molecule is Cc1ccnc(NC2(C)CCCC2)c1. The molecule has 1 N–H and O–H groups in total. The number of aromatic nitrogens is 1. The molecule has 1 aliphatic carbocycles. The summed E-state index contributed by atoms with van der Waals surface area (Å²) in [6.45, 7) is 4.40. The molecule has 0 radical (unpaired) electrons. The molecule has 2 heteroatoms. The Labute approximate surface area is 85.7 Å². The second kappa shape index (κ2) is 3.60. The van der Waals surface area contributed by atoms with Crippen molar-refractivity contribution in [3.8, 4) is 0 Å². The van der Waals surface area contributed by atoms with Gasteiger partial charge in [0.15, 0.2) is 0 Å². The lowest BCUT2D eigenvalue weighted by Crippen LogP contribution is -2.31. The predicted octanol–water partition coefficient (Wildman–Crippen LogP) is 3.13. The highest BCUT2D eigenvalue weighted by Crippen LogP contribution is 2.31. The van der Waals surface area contributed by atoms with Crippen LogP contribution in [0.3, 0.4) is 0 Å². The van der Waals surface area contributed by atoms with Gasteiger partial charge < -0.3 is 5.32 Å².